The zero-order valence-corrected chi connectivity index (χ0v) is 12.4. The number of nitrogens with zero attached hydrogens (tertiary/aromatic N) is 1. The third-order valence-corrected chi connectivity index (χ3v) is 3.22. The summed E-state index contributed by atoms with van der Waals surface area (Å²) < 4.78 is 0. The van der Waals surface area contributed by atoms with Crippen LogP contribution in [0.5, 0.6) is 0 Å². The van der Waals surface area contributed by atoms with Crippen molar-refractivity contribution in [2.45, 2.75) is 6.10 Å². The van der Waals surface area contributed by atoms with Gasteiger partial charge in [-0.2, -0.15) is 0 Å². The quantitative estimate of drug-likeness (QED) is 0.608. The van der Waals surface area contributed by atoms with Gasteiger partial charge >= 0.3 is 0 Å². The minimum atomic E-state index is -0.878. The molecule has 1 atom stereocenters. The van der Waals surface area contributed by atoms with Crippen molar-refractivity contribution in [3.8, 4) is 0 Å². The van der Waals surface area contributed by atoms with Crippen LogP contribution in [0.25, 0.3) is 0 Å². The maximum Gasteiger partial charge on any atom is 0.258 e. The number of aromatic nitrogens is 1. The van der Waals surface area contributed by atoms with Crippen molar-refractivity contribution in [3.63, 3.8) is 0 Å². The molecule has 116 valence electrons. The number of amides is 1. The molecule has 0 saturated heterocycles. The highest BCUT2D eigenvalue weighted by atomic mass is 35.5. The van der Waals surface area contributed by atoms with Crippen LogP contribution in [-0.4, -0.2) is 40.4 Å². The zero-order chi connectivity index (χ0) is 15.9. The molecule has 0 saturated carbocycles. The van der Waals surface area contributed by atoms with Gasteiger partial charge in [-0.25, -0.2) is 4.98 Å². The molecule has 0 radical (unpaired) electrons. The zero-order valence-electron chi connectivity index (χ0n) is 11.7. The van der Waals surface area contributed by atoms with Crippen LogP contribution in [0.4, 0.5) is 11.4 Å². The second-order valence-electron chi connectivity index (χ2n) is 4.56. The Morgan fingerprint density at radius 3 is 2.64 bits per heavy atom. The van der Waals surface area contributed by atoms with E-state index in [1.807, 2.05) is 0 Å². The molecule has 0 aliphatic rings. The normalized spacial score (nSPS) is 11.8. The maximum atomic E-state index is 12.2. The van der Waals surface area contributed by atoms with Crippen LogP contribution in [0.1, 0.15) is 10.4 Å². The molecule has 4 N–H and O–H groups in total. The largest absolute Gasteiger partial charge is 0.394 e. The van der Waals surface area contributed by atoms with Gasteiger partial charge in [-0.15, -0.1) is 0 Å². The number of pyridine rings is 1. The van der Waals surface area contributed by atoms with Gasteiger partial charge in [-0.1, -0.05) is 23.7 Å². The van der Waals surface area contributed by atoms with E-state index in [0.717, 1.165) is 0 Å². The predicted molar refractivity (Wildman–Crippen MR) is 85.2 cm³/mol. The van der Waals surface area contributed by atoms with E-state index in [4.69, 9.17) is 16.7 Å². The van der Waals surface area contributed by atoms with Crippen LogP contribution in [0.3, 0.4) is 0 Å². The van der Waals surface area contributed by atoms with Gasteiger partial charge in [0, 0.05) is 12.7 Å². The lowest BCUT2D eigenvalue weighted by molar-refractivity contribution is 0.102. The summed E-state index contributed by atoms with van der Waals surface area (Å²) in [6.45, 7) is -0.177. The fraction of sp³-hybridized carbons (Fsp3) is 0.200. The van der Waals surface area contributed by atoms with Gasteiger partial charge < -0.3 is 20.8 Å². The van der Waals surface area contributed by atoms with Crippen LogP contribution >= 0.6 is 11.6 Å². The van der Waals surface area contributed by atoms with E-state index in [1.54, 1.807) is 36.4 Å². The average Bonchev–Trinajstić information content (AvgIpc) is 2.54. The molecule has 1 heterocycles. The van der Waals surface area contributed by atoms with Gasteiger partial charge in [0.2, 0.25) is 0 Å². The van der Waals surface area contributed by atoms with Crippen LogP contribution in [0.15, 0.2) is 42.6 Å². The highest BCUT2D eigenvalue weighted by Gasteiger charge is 2.13. The molecule has 2 rings (SSSR count). The maximum absolute atomic E-state index is 12.2. The number of aliphatic hydroxyl groups is 2. The Bertz CT molecular complexity index is 651. The number of anilines is 2. The number of nitrogens with one attached hydrogen (secondary N) is 2. The van der Waals surface area contributed by atoms with Crippen LogP contribution < -0.4 is 10.6 Å². The summed E-state index contributed by atoms with van der Waals surface area (Å²) in [6.07, 6.45) is 0.627. The topological polar surface area (TPSA) is 94.5 Å². The lowest BCUT2D eigenvalue weighted by Crippen LogP contribution is -2.23. The number of hydrogen-bond acceptors (Lipinski definition) is 5. The third kappa shape index (κ3) is 4.17. The fourth-order valence-electron chi connectivity index (χ4n) is 1.78. The Kier molecular flexibility index (Phi) is 5.71. The summed E-state index contributed by atoms with van der Waals surface area (Å²) in [7, 11) is 0. The summed E-state index contributed by atoms with van der Waals surface area (Å²) in [5.41, 5.74) is 1.44. The van der Waals surface area contributed by atoms with Crippen molar-refractivity contribution in [2.24, 2.45) is 0 Å². The molecule has 1 aromatic heterocycles. The lowest BCUT2D eigenvalue weighted by atomic mass is 10.2. The van der Waals surface area contributed by atoms with Crippen LogP contribution in [-0.2, 0) is 0 Å². The Morgan fingerprint density at radius 1 is 1.23 bits per heavy atom. The number of aliphatic hydroxyl groups excluding tert-OH is 2. The second-order valence-corrected chi connectivity index (χ2v) is 4.92. The molecule has 1 unspecified atom stereocenters. The van der Waals surface area contributed by atoms with E-state index in [2.05, 4.69) is 15.6 Å². The smallest absolute Gasteiger partial charge is 0.258 e. The molecule has 22 heavy (non-hydrogen) atoms. The van der Waals surface area contributed by atoms with Gasteiger partial charge in [-0.05, 0) is 24.3 Å². The summed E-state index contributed by atoms with van der Waals surface area (Å²) in [5, 5.41) is 24.0. The number of rotatable bonds is 6. The number of halogens is 1. The molecule has 1 aromatic carbocycles. The van der Waals surface area contributed by atoms with Gasteiger partial charge in [-0.3, -0.25) is 4.79 Å². The molecule has 0 spiro atoms. The van der Waals surface area contributed by atoms with Crippen molar-refractivity contribution in [3.05, 3.63) is 53.3 Å². The van der Waals surface area contributed by atoms with Crippen molar-refractivity contribution in [2.75, 3.05) is 23.8 Å². The standard InChI is InChI=1S/C15H16ClN3O3/c16-14-11(4-3-7-17-14)15(22)19-13-6-2-1-5-12(13)18-8-10(21)9-20/h1-7,10,18,20-21H,8-9H2,(H,19,22). The van der Waals surface area contributed by atoms with Crippen molar-refractivity contribution in [1.29, 1.82) is 0 Å². The Hall–Kier alpha value is -2.15. The first-order valence-corrected chi connectivity index (χ1v) is 7.03. The number of carbonyl (C=O) groups is 1. The highest BCUT2D eigenvalue weighted by molar-refractivity contribution is 6.33. The fourth-order valence-corrected chi connectivity index (χ4v) is 1.99. The summed E-state index contributed by atoms with van der Waals surface area (Å²) >= 11 is 5.90. The van der Waals surface area contributed by atoms with E-state index in [-0.39, 0.29) is 29.8 Å². The SMILES string of the molecule is O=C(Nc1ccccc1NCC(O)CO)c1cccnc1Cl. The van der Waals surface area contributed by atoms with Gasteiger partial charge in [0.05, 0.1) is 29.6 Å². The number of hydrogen-bond donors (Lipinski definition) is 4. The Labute approximate surface area is 132 Å². The lowest BCUT2D eigenvalue weighted by Gasteiger charge is -2.15. The van der Waals surface area contributed by atoms with Gasteiger partial charge in [0.25, 0.3) is 5.91 Å². The molecule has 0 fully saturated rings. The minimum Gasteiger partial charge on any atom is -0.394 e. The molecule has 2 aromatic rings. The molecular formula is C15H16ClN3O3. The predicted octanol–water partition coefficient (Wildman–Crippen LogP) is 1.75. The summed E-state index contributed by atoms with van der Waals surface area (Å²) in [5.74, 6) is -0.380. The molecule has 6 nitrogen and oxygen atoms in total. The van der Waals surface area contributed by atoms with Gasteiger partial charge in [0.15, 0.2) is 0 Å². The highest BCUT2D eigenvalue weighted by Crippen LogP contribution is 2.22. The monoisotopic (exact) mass is 321 g/mol. The van der Waals surface area contributed by atoms with E-state index in [9.17, 15) is 9.90 Å². The number of carbonyl (C=O) groups excluding carboxylic acids is 1. The summed E-state index contributed by atoms with van der Waals surface area (Å²) in [4.78, 5) is 16.1. The number of para-hydroxylation sites is 2. The van der Waals surface area contributed by atoms with E-state index in [0.29, 0.717) is 11.4 Å². The third-order valence-electron chi connectivity index (χ3n) is 2.92. The minimum absolute atomic E-state index is 0.126. The first-order valence-electron chi connectivity index (χ1n) is 6.65. The first kappa shape index (κ1) is 16.2. The molecule has 0 bridgehead atoms. The molecule has 1 amide bonds. The van der Waals surface area contributed by atoms with Crippen molar-refractivity contribution >= 4 is 28.9 Å². The molecular weight excluding hydrogens is 306 g/mol. The Balaban J connectivity index is 2.12. The molecule has 0 aliphatic heterocycles. The average molecular weight is 322 g/mol. The Morgan fingerprint density at radius 2 is 1.95 bits per heavy atom. The van der Waals surface area contributed by atoms with Gasteiger partial charge in [0.1, 0.15) is 5.15 Å². The molecule has 7 heteroatoms. The first-order chi connectivity index (χ1) is 10.6. The van der Waals surface area contributed by atoms with Crippen LogP contribution in [0.2, 0.25) is 5.15 Å². The van der Waals surface area contributed by atoms with E-state index in [1.165, 1.54) is 6.20 Å². The van der Waals surface area contributed by atoms with Crippen molar-refractivity contribution in [1.82, 2.24) is 4.98 Å². The summed E-state index contributed by atoms with van der Waals surface area (Å²) in [6, 6.07) is 10.2. The second kappa shape index (κ2) is 7.74. The number of benzene rings is 1. The van der Waals surface area contributed by atoms with E-state index < -0.39 is 6.10 Å². The van der Waals surface area contributed by atoms with Crippen molar-refractivity contribution < 1.29 is 15.0 Å². The van der Waals surface area contributed by atoms with Crippen LogP contribution in [0, 0.1) is 0 Å². The molecule has 0 aliphatic carbocycles. The van der Waals surface area contributed by atoms with E-state index >= 15 is 0 Å².